The number of hydrogen-bond acceptors (Lipinski definition) is 4. The molecule has 1 aromatic heterocycles. The fraction of sp³-hybridized carbons (Fsp3) is 0.667. The van der Waals surface area contributed by atoms with Crippen LogP contribution in [-0.2, 0) is 0 Å². The maximum absolute atomic E-state index is 5.57. The minimum absolute atomic E-state index is 0.106. The lowest BCUT2D eigenvalue weighted by Crippen LogP contribution is -2.30. The van der Waals surface area contributed by atoms with Gasteiger partial charge in [0.1, 0.15) is 0 Å². The molecule has 2 unspecified atom stereocenters. The molecule has 0 fully saturated rings. The maximum Gasteiger partial charge on any atom is 0.0769 e. The number of nitrogens with zero attached hydrogens (tertiary/aromatic N) is 2. The Hall–Kier alpha value is -1.00. The highest BCUT2D eigenvalue weighted by molar-refractivity contribution is 5.05. The first-order chi connectivity index (χ1) is 7.67. The van der Waals surface area contributed by atoms with Gasteiger partial charge in [-0.15, -0.1) is 0 Å². The predicted octanol–water partition coefficient (Wildman–Crippen LogP) is 2.12. The zero-order chi connectivity index (χ0) is 12.0. The summed E-state index contributed by atoms with van der Waals surface area (Å²) in [6.07, 6.45) is 7.01. The molecular formula is C12H22N4. The molecule has 0 spiro atoms. The Balaban J connectivity index is 2.63. The van der Waals surface area contributed by atoms with Crippen LogP contribution in [0, 0.1) is 12.8 Å². The molecule has 4 nitrogen and oxygen atoms in total. The zero-order valence-corrected chi connectivity index (χ0v) is 10.4. The second kappa shape index (κ2) is 6.55. The van der Waals surface area contributed by atoms with Gasteiger partial charge in [0.05, 0.1) is 23.6 Å². The van der Waals surface area contributed by atoms with E-state index < -0.39 is 0 Å². The summed E-state index contributed by atoms with van der Waals surface area (Å²) < 4.78 is 0. The van der Waals surface area contributed by atoms with Crippen molar-refractivity contribution in [2.75, 3.05) is 0 Å². The lowest BCUT2D eigenvalue weighted by atomic mass is 9.96. The third kappa shape index (κ3) is 3.87. The second-order valence-corrected chi connectivity index (χ2v) is 4.43. The van der Waals surface area contributed by atoms with E-state index in [-0.39, 0.29) is 6.04 Å². The smallest absolute Gasteiger partial charge is 0.0769 e. The van der Waals surface area contributed by atoms with Crippen molar-refractivity contribution >= 4 is 0 Å². The molecule has 16 heavy (non-hydrogen) atoms. The van der Waals surface area contributed by atoms with Crippen molar-refractivity contribution in [2.24, 2.45) is 11.8 Å². The molecule has 0 aliphatic carbocycles. The summed E-state index contributed by atoms with van der Waals surface area (Å²) in [6.45, 7) is 6.38. The molecule has 0 saturated heterocycles. The molecule has 4 heteroatoms. The number of aryl methyl sites for hydroxylation is 1. The third-order valence-electron chi connectivity index (χ3n) is 2.78. The van der Waals surface area contributed by atoms with Crippen molar-refractivity contribution in [3.05, 3.63) is 23.8 Å². The van der Waals surface area contributed by atoms with Crippen molar-refractivity contribution in [1.82, 2.24) is 15.4 Å². The highest BCUT2D eigenvalue weighted by Crippen LogP contribution is 2.21. The molecule has 0 amide bonds. The zero-order valence-electron chi connectivity index (χ0n) is 10.4. The molecule has 2 atom stereocenters. The second-order valence-electron chi connectivity index (χ2n) is 4.43. The number of rotatable bonds is 6. The molecule has 0 aromatic carbocycles. The summed E-state index contributed by atoms with van der Waals surface area (Å²) in [6, 6.07) is 0.106. The fourth-order valence-electron chi connectivity index (χ4n) is 1.87. The Morgan fingerprint density at radius 1 is 1.38 bits per heavy atom. The number of hydrazine groups is 1. The largest absolute Gasteiger partial charge is 0.271 e. The van der Waals surface area contributed by atoms with E-state index in [9.17, 15) is 0 Å². The van der Waals surface area contributed by atoms with Gasteiger partial charge in [0, 0.05) is 6.20 Å². The minimum Gasteiger partial charge on any atom is -0.271 e. The molecule has 0 aliphatic heterocycles. The lowest BCUT2D eigenvalue weighted by Gasteiger charge is -2.19. The van der Waals surface area contributed by atoms with E-state index in [2.05, 4.69) is 29.2 Å². The van der Waals surface area contributed by atoms with E-state index in [1.807, 2.05) is 6.92 Å². The standard InChI is InChI=1S/C12H22N4/c1-4-5-9(2)6-11(16-13)12-8-14-10(3)7-15-12/h7-9,11,16H,4-6,13H2,1-3H3. The summed E-state index contributed by atoms with van der Waals surface area (Å²) in [5, 5.41) is 0. The van der Waals surface area contributed by atoms with E-state index in [1.54, 1.807) is 12.4 Å². The van der Waals surface area contributed by atoms with Crippen LogP contribution in [0.25, 0.3) is 0 Å². The third-order valence-corrected chi connectivity index (χ3v) is 2.78. The number of nitrogens with one attached hydrogen (secondary N) is 1. The Morgan fingerprint density at radius 2 is 2.12 bits per heavy atom. The Bertz CT molecular complexity index is 296. The Kier molecular flexibility index (Phi) is 5.35. The van der Waals surface area contributed by atoms with Crippen LogP contribution in [0.1, 0.15) is 50.5 Å². The molecular weight excluding hydrogens is 200 g/mol. The van der Waals surface area contributed by atoms with E-state index in [4.69, 9.17) is 5.84 Å². The van der Waals surface area contributed by atoms with Crippen LogP contribution in [0.3, 0.4) is 0 Å². The van der Waals surface area contributed by atoms with Gasteiger partial charge in [-0.05, 0) is 19.3 Å². The topological polar surface area (TPSA) is 63.8 Å². The van der Waals surface area contributed by atoms with Crippen molar-refractivity contribution in [1.29, 1.82) is 0 Å². The summed E-state index contributed by atoms with van der Waals surface area (Å²) in [7, 11) is 0. The van der Waals surface area contributed by atoms with Gasteiger partial charge in [-0.1, -0.05) is 26.7 Å². The predicted molar refractivity (Wildman–Crippen MR) is 65.5 cm³/mol. The molecule has 0 bridgehead atoms. The lowest BCUT2D eigenvalue weighted by molar-refractivity contribution is 0.388. The van der Waals surface area contributed by atoms with Crippen molar-refractivity contribution in [2.45, 2.75) is 46.1 Å². The maximum atomic E-state index is 5.57. The SMILES string of the molecule is CCCC(C)CC(NN)c1cnc(C)cn1. The average Bonchev–Trinajstić information content (AvgIpc) is 2.27. The molecule has 90 valence electrons. The summed E-state index contributed by atoms with van der Waals surface area (Å²) in [4.78, 5) is 8.60. The first kappa shape index (κ1) is 13.1. The van der Waals surface area contributed by atoms with Gasteiger partial charge in [-0.3, -0.25) is 21.2 Å². The van der Waals surface area contributed by atoms with Crippen molar-refractivity contribution in [3.8, 4) is 0 Å². The summed E-state index contributed by atoms with van der Waals surface area (Å²) in [5.74, 6) is 6.22. The Labute approximate surface area is 97.7 Å². The van der Waals surface area contributed by atoms with E-state index >= 15 is 0 Å². The molecule has 1 rings (SSSR count). The monoisotopic (exact) mass is 222 g/mol. The molecule has 1 aromatic rings. The minimum atomic E-state index is 0.106. The molecule has 0 saturated carbocycles. The van der Waals surface area contributed by atoms with Crippen molar-refractivity contribution < 1.29 is 0 Å². The molecule has 0 aliphatic rings. The van der Waals surface area contributed by atoms with Crippen LogP contribution in [0.2, 0.25) is 0 Å². The number of nitrogens with two attached hydrogens (primary N) is 1. The normalized spacial score (nSPS) is 14.8. The first-order valence-corrected chi connectivity index (χ1v) is 5.92. The number of hydrogen-bond donors (Lipinski definition) is 2. The highest BCUT2D eigenvalue weighted by atomic mass is 15.2. The van der Waals surface area contributed by atoms with E-state index in [0.717, 1.165) is 17.8 Å². The molecule has 1 heterocycles. The quantitative estimate of drug-likeness (QED) is 0.571. The summed E-state index contributed by atoms with van der Waals surface area (Å²) >= 11 is 0. The van der Waals surface area contributed by atoms with Crippen LogP contribution in [0.4, 0.5) is 0 Å². The van der Waals surface area contributed by atoms with Crippen LogP contribution in [-0.4, -0.2) is 9.97 Å². The van der Waals surface area contributed by atoms with E-state index in [1.165, 1.54) is 12.8 Å². The molecule has 3 N–H and O–H groups in total. The van der Waals surface area contributed by atoms with Gasteiger partial charge in [-0.25, -0.2) is 0 Å². The Morgan fingerprint density at radius 3 is 2.62 bits per heavy atom. The number of aromatic nitrogens is 2. The average molecular weight is 222 g/mol. The van der Waals surface area contributed by atoms with Gasteiger partial charge < -0.3 is 0 Å². The first-order valence-electron chi connectivity index (χ1n) is 5.92. The van der Waals surface area contributed by atoms with Gasteiger partial charge in [0.25, 0.3) is 0 Å². The van der Waals surface area contributed by atoms with Crippen LogP contribution < -0.4 is 11.3 Å². The van der Waals surface area contributed by atoms with Gasteiger partial charge in [-0.2, -0.15) is 0 Å². The van der Waals surface area contributed by atoms with Crippen molar-refractivity contribution in [3.63, 3.8) is 0 Å². The van der Waals surface area contributed by atoms with Gasteiger partial charge in [0.2, 0.25) is 0 Å². The van der Waals surface area contributed by atoms with Gasteiger partial charge >= 0.3 is 0 Å². The van der Waals surface area contributed by atoms with E-state index in [0.29, 0.717) is 5.92 Å². The van der Waals surface area contributed by atoms with Gasteiger partial charge in [0.15, 0.2) is 0 Å². The summed E-state index contributed by atoms with van der Waals surface area (Å²) in [5.41, 5.74) is 4.68. The van der Waals surface area contributed by atoms with Crippen LogP contribution >= 0.6 is 0 Å². The van der Waals surface area contributed by atoms with Crippen LogP contribution in [0.15, 0.2) is 12.4 Å². The molecule has 0 radical (unpaired) electrons. The highest BCUT2D eigenvalue weighted by Gasteiger charge is 2.14. The fourth-order valence-corrected chi connectivity index (χ4v) is 1.87. The van der Waals surface area contributed by atoms with Crippen LogP contribution in [0.5, 0.6) is 0 Å².